The summed E-state index contributed by atoms with van der Waals surface area (Å²) in [5, 5.41) is 0. The van der Waals surface area contributed by atoms with E-state index < -0.39 is 53.0 Å². The Labute approximate surface area is 258 Å². The highest BCUT2D eigenvalue weighted by molar-refractivity contribution is 5.81. The highest BCUT2D eigenvalue weighted by Gasteiger charge is 2.44. The van der Waals surface area contributed by atoms with Gasteiger partial charge in [-0.25, -0.2) is 4.79 Å². The molecule has 45 heavy (non-hydrogen) atoms. The van der Waals surface area contributed by atoms with E-state index in [0.717, 1.165) is 28.7 Å². The average molecular weight is 641 g/mol. The number of alkyl halides is 6. The molecule has 0 aromatic heterocycles. The van der Waals surface area contributed by atoms with Gasteiger partial charge in [-0.05, 0) is 90.6 Å². The molecule has 2 aromatic carbocycles. The van der Waals surface area contributed by atoms with Crippen molar-refractivity contribution in [3.05, 3.63) is 69.8 Å². The molecule has 1 fully saturated rings. The van der Waals surface area contributed by atoms with Gasteiger partial charge < -0.3 is 15.2 Å². The Balaban J connectivity index is 1.75. The van der Waals surface area contributed by atoms with Crippen LogP contribution in [0.1, 0.15) is 87.8 Å². The number of primary amides is 1. The van der Waals surface area contributed by atoms with Gasteiger partial charge in [0.1, 0.15) is 11.9 Å². The maximum Gasteiger partial charge on any atom is 0.416 e. The number of halogens is 6. The molecule has 0 bridgehead atoms. The van der Waals surface area contributed by atoms with Crippen LogP contribution in [0.5, 0.6) is 5.75 Å². The molecule has 12 heteroatoms. The number of carbonyl (C=O) groups excluding carboxylic acids is 2. The summed E-state index contributed by atoms with van der Waals surface area (Å²) < 4.78 is 92.5. The second-order valence-corrected chi connectivity index (χ2v) is 13.4. The fraction of sp³-hybridized carbons (Fsp3) is 0.515. The SMILES string of the molecule is COc1ccc(CC(C)(C)C(N)=O)cc1C1=C(CN2C(=O)O[C@H](c3cc(C(F)(F)F)cc(C(F)(F)F)c3)[C@@H]2C)CC(C)(C)CC1. The van der Waals surface area contributed by atoms with Crippen LogP contribution in [0.3, 0.4) is 0 Å². The summed E-state index contributed by atoms with van der Waals surface area (Å²) in [7, 11) is 1.54. The summed E-state index contributed by atoms with van der Waals surface area (Å²) in [5.41, 5.74) is 4.75. The van der Waals surface area contributed by atoms with Gasteiger partial charge in [0.15, 0.2) is 0 Å². The maximum atomic E-state index is 13.6. The first-order valence-corrected chi connectivity index (χ1v) is 14.6. The molecule has 2 N–H and O–H groups in total. The van der Waals surface area contributed by atoms with Crippen LogP contribution >= 0.6 is 0 Å². The van der Waals surface area contributed by atoms with E-state index in [9.17, 15) is 35.9 Å². The predicted octanol–water partition coefficient (Wildman–Crippen LogP) is 8.33. The molecule has 0 spiro atoms. The first-order chi connectivity index (χ1) is 20.6. The normalized spacial score (nSPS) is 20.8. The van der Waals surface area contributed by atoms with E-state index in [1.807, 2.05) is 12.1 Å². The molecule has 246 valence electrons. The fourth-order valence-electron chi connectivity index (χ4n) is 6.10. The van der Waals surface area contributed by atoms with E-state index in [1.54, 1.807) is 26.8 Å². The third kappa shape index (κ3) is 7.41. The Hall–Kier alpha value is -3.70. The fourth-order valence-corrected chi connectivity index (χ4v) is 6.10. The van der Waals surface area contributed by atoms with Crippen molar-refractivity contribution in [2.24, 2.45) is 16.6 Å². The first kappa shape index (κ1) is 34.2. The van der Waals surface area contributed by atoms with E-state index >= 15 is 0 Å². The smallest absolute Gasteiger partial charge is 0.416 e. The lowest BCUT2D eigenvalue weighted by atomic mass is 9.72. The number of benzene rings is 2. The third-order valence-corrected chi connectivity index (χ3v) is 8.76. The molecule has 2 aliphatic rings. The molecule has 2 aromatic rings. The molecule has 0 saturated carbocycles. The van der Waals surface area contributed by atoms with E-state index in [0.29, 0.717) is 37.1 Å². The van der Waals surface area contributed by atoms with Crippen LogP contribution in [0.15, 0.2) is 42.0 Å². The van der Waals surface area contributed by atoms with Crippen molar-refractivity contribution in [3.8, 4) is 5.75 Å². The topological polar surface area (TPSA) is 81.9 Å². The summed E-state index contributed by atoms with van der Waals surface area (Å²) in [4.78, 5) is 26.5. The minimum absolute atomic E-state index is 0.0516. The van der Waals surface area contributed by atoms with Crippen molar-refractivity contribution in [1.82, 2.24) is 4.90 Å². The molecule has 2 atom stereocenters. The van der Waals surface area contributed by atoms with E-state index in [2.05, 4.69) is 13.8 Å². The Morgan fingerprint density at radius 2 is 1.64 bits per heavy atom. The zero-order valence-corrected chi connectivity index (χ0v) is 26.1. The minimum atomic E-state index is -5.03. The Bertz CT molecular complexity index is 1480. The minimum Gasteiger partial charge on any atom is -0.496 e. The Morgan fingerprint density at radius 1 is 1.04 bits per heavy atom. The van der Waals surface area contributed by atoms with Crippen molar-refractivity contribution < 1.29 is 45.4 Å². The van der Waals surface area contributed by atoms with Gasteiger partial charge in [-0.3, -0.25) is 9.69 Å². The van der Waals surface area contributed by atoms with E-state index in [-0.39, 0.29) is 23.6 Å². The van der Waals surface area contributed by atoms with E-state index in [4.69, 9.17) is 15.2 Å². The van der Waals surface area contributed by atoms with Gasteiger partial charge in [-0.1, -0.05) is 33.8 Å². The van der Waals surface area contributed by atoms with Crippen LogP contribution in [0.25, 0.3) is 5.57 Å². The number of hydrogen-bond acceptors (Lipinski definition) is 4. The predicted molar refractivity (Wildman–Crippen MR) is 156 cm³/mol. The van der Waals surface area contributed by atoms with Gasteiger partial charge in [-0.15, -0.1) is 0 Å². The second kappa shape index (κ2) is 11.9. The summed E-state index contributed by atoms with van der Waals surface area (Å²) in [5.74, 6) is 0.139. The number of cyclic esters (lactones) is 1. The Morgan fingerprint density at radius 3 is 2.18 bits per heavy atom. The zero-order valence-electron chi connectivity index (χ0n) is 26.1. The van der Waals surface area contributed by atoms with Gasteiger partial charge in [-0.2, -0.15) is 26.3 Å². The van der Waals surface area contributed by atoms with Crippen LogP contribution in [0.4, 0.5) is 31.1 Å². The molecule has 2 amide bonds. The number of hydrogen-bond donors (Lipinski definition) is 1. The summed E-state index contributed by atoms with van der Waals surface area (Å²) >= 11 is 0. The summed E-state index contributed by atoms with van der Waals surface area (Å²) in [6, 6.07) is 5.99. The number of amides is 2. The lowest BCUT2D eigenvalue weighted by Crippen LogP contribution is -2.35. The molecule has 1 aliphatic heterocycles. The average Bonchev–Trinajstić information content (AvgIpc) is 3.19. The molecule has 6 nitrogen and oxygen atoms in total. The molecule has 0 unspecified atom stereocenters. The van der Waals surface area contributed by atoms with Gasteiger partial charge in [0.25, 0.3) is 0 Å². The van der Waals surface area contributed by atoms with Gasteiger partial charge in [0.2, 0.25) is 5.91 Å². The summed E-state index contributed by atoms with van der Waals surface area (Å²) in [6.07, 6.45) is -9.85. The van der Waals surface area contributed by atoms with Crippen LogP contribution in [-0.2, 0) is 28.3 Å². The molecule has 1 heterocycles. The van der Waals surface area contributed by atoms with Crippen molar-refractivity contribution in [2.45, 2.75) is 84.8 Å². The van der Waals surface area contributed by atoms with Crippen LogP contribution in [0.2, 0.25) is 0 Å². The van der Waals surface area contributed by atoms with Crippen molar-refractivity contribution in [1.29, 1.82) is 0 Å². The quantitative estimate of drug-likeness (QED) is 0.294. The maximum absolute atomic E-state index is 13.6. The summed E-state index contributed by atoms with van der Waals surface area (Å²) in [6.45, 7) is 9.29. The van der Waals surface area contributed by atoms with Crippen LogP contribution < -0.4 is 10.5 Å². The largest absolute Gasteiger partial charge is 0.496 e. The molecular formula is C33H38F6N2O4. The van der Waals surface area contributed by atoms with Crippen LogP contribution in [0, 0.1) is 10.8 Å². The molecule has 0 radical (unpaired) electrons. The number of methoxy groups -OCH3 is 1. The van der Waals surface area contributed by atoms with Crippen molar-refractivity contribution in [3.63, 3.8) is 0 Å². The van der Waals surface area contributed by atoms with Crippen LogP contribution in [-0.4, -0.2) is 36.6 Å². The number of carbonyl (C=O) groups is 2. The lowest BCUT2D eigenvalue weighted by Gasteiger charge is -2.36. The number of nitrogens with two attached hydrogens (primary N) is 1. The highest BCUT2D eigenvalue weighted by Crippen LogP contribution is 2.47. The van der Waals surface area contributed by atoms with Gasteiger partial charge in [0, 0.05) is 17.5 Å². The Kier molecular flexibility index (Phi) is 9.04. The molecule has 1 aliphatic carbocycles. The lowest BCUT2D eigenvalue weighted by molar-refractivity contribution is -0.143. The number of nitrogens with zero attached hydrogens (tertiary/aromatic N) is 1. The third-order valence-electron chi connectivity index (χ3n) is 8.76. The van der Waals surface area contributed by atoms with Gasteiger partial charge in [0.05, 0.1) is 24.3 Å². The van der Waals surface area contributed by atoms with Crippen molar-refractivity contribution >= 4 is 17.6 Å². The first-order valence-electron chi connectivity index (χ1n) is 14.6. The number of allylic oxidation sites excluding steroid dienone is 1. The second-order valence-electron chi connectivity index (χ2n) is 13.4. The zero-order chi connectivity index (χ0) is 33.7. The highest BCUT2D eigenvalue weighted by atomic mass is 19.4. The molecule has 4 rings (SSSR count). The van der Waals surface area contributed by atoms with E-state index in [1.165, 1.54) is 12.0 Å². The monoisotopic (exact) mass is 640 g/mol. The molecule has 1 saturated heterocycles. The van der Waals surface area contributed by atoms with Gasteiger partial charge >= 0.3 is 18.4 Å². The number of ether oxygens (including phenoxy) is 2. The molecular weight excluding hydrogens is 602 g/mol. The standard InChI is InChI=1S/C33H38F6N2O4/c1-18-27(20-12-22(32(34,35)36)14-23(13-20)33(37,38)39)45-29(43)41(18)17-21-16-30(2,3)10-9-24(21)25-11-19(7-8-26(25)44-6)15-31(4,5)28(40)42/h7-8,11-14,18,27H,9-10,15-17H2,1-6H3,(H2,40,42)/t18-,27-/m0/s1. The van der Waals surface area contributed by atoms with Crippen molar-refractivity contribution in [2.75, 3.05) is 13.7 Å². The number of rotatable bonds is 8.